The van der Waals surface area contributed by atoms with Gasteiger partial charge >= 0.3 is 0 Å². The zero-order chi connectivity index (χ0) is 8.10. The third-order valence-electron chi connectivity index (χ3n) is 2.39. The van der Waals surface area contributed by atoms with E-state index >= 15 is 0 Å². The van der Waals surface area contributed by atoms with Gasteiger partial charge in [0.25, 0.3) is 0 Å². The Hall–Kier alpha value is -0.400. The summed E-state index contributed by atoms with van der Waals surface area (Å²) in [4.78, 5) is 11.2. The van der Waals surface area contributed by atoms with Gasteiger partial charge in [-0.2, -0.15) is 0 Å². The lowest BCUT2D eigenvalue weighted by Crippen LogP contribution is -2.12. The summed E-state index contributed by atoms with van der Waals surface area (Å²) < 4.78 is 11.9. The average Bonchev–Trinajstić information content (AvgIpc) is 2.18. The summed E-state index contributed by atoms with van der Waals surface area (Å²) in [6, 6.07) is 0. The minimum atomic E-state index is -0.337. The first-order valence-electron chi connectivity index (χ1n) is 4.43. The Balaban J connectivity index is 2.39. The molecule has 0 heterocycles. The van der Waals surface area contributed by atoms with Crippen LogP contribution >= 0.6 is 0 Å². The quantitative estimate of drug-likeness (QED) is 0.564. The van der Waals surface area contributed by atoms with Crippen LogP contribution in [-0.2, 0) is 4.79 Å². The van der Waals surface area contributed by atoms with Crippen molar-refractivity contribution < 1.29 is 9.18 Å². The summed E-state index contributed by atoms with van der Waals surface area (Å²) in [5, 5.41) is 0. The summed E-state index contributed by atoms with van der Waals surface area (Å²) in [5.41, 5.74) is 0. The number of rotatable bonds is 2. The molecule has 0 aromatic carbocycles. The highest BCUT2D eigenvalue weighted by Gasteiger charge is 2.19. The Morgan fingerprint density at radius 3 is 2.91 bits per heavy atom. The summed E-state index contributed by atoms with van der Waals surface area (Å²) in [7, 11) is 0. The maximum atomic E-state index is 11.9. The molecule has 0 spiro atoms. The molecule has 64 valence electrons. The Morgan fingerprint density at radius 1 is 1.36 bits per heavy atom. The van der Waals surface area contributed by atoms with E-state index in [0.717, 1.165) is 25.7 Å². The second-order valence-corrected chi connectivity index (χ2v) is 3.24. The van der Waals surface area contributed by atoms with Crippen molar-refractivity contribution in [3.05, 3.63) is 0 Å². The van der Waals surface area contributed by atoms with E-state index in [1.807, 2.05) is 0 Å². The van der Waals surface area contributed by atoms with E-state index in [1.54, 1.807) is 0 Å². The molecule has 0 aromatic rings. The Kier molecular flexibility index (Phi) is 3.53. The van der Waals surface area contributed by atoms with Crippen molar-refractivity contribution in [1.82, 2.24) is 0 Å². The molecule has 1 nitrogen and oxygen atoms in total. The van der Waals surface area contributed by atoms with Gasteiger partial charge in [0.1, 0.15) is 5.78 Å². The topological polar surface area (TPSA) is 17.1 Å². The molecular formula is C9H15FO. The third kappa shape index (κ3) is 2.60. The van der Waals surface area contributed by atoms with Crippen molar-refractivity contribution in [1.29, 1.82) is 0 Å². The van der Waals surface area contributed by atoms with E-state index in [0.29, 0.717) is 18.6 Å². The molecule has 0 saturated heterocycles. The van der Waals surface area contributed by atoms with Crippen LogP contribution < -0.4 is 0 Å². The number of ketones is 1. The summed E-state index contributed by atoms with van der Waals surface area (Å²) >= 11 is 0. The van der Waals surface area contributed by atoms with Crippen LogP contribution in [0.2, 0.25) is 0 Å². The fraction of sp³-hybridized carbons (Fsp3) is 0.889. The monoisotopic (exact) mass is 158 g/mol. The minimum absolute atomic E-state index is 0.0440. The molecule has 1 atom stereocenters. The average molecular weight is 158 g/mol. The van der Waals surface area contributed by atoms with E-state index in [2.05, 4.69) is 0 Å². The predicted octanol–water partition coefficient (Wildman–Crippen LogP) is 2.50. The second-order valence-electron chi connectivity index (χ2n) is 3.24. The molecular weight excluding hydrogens is 143 g/mol. The van der Waals surface area contributed by atoms with Gasteiger partial charge in [-0.1, -0.05) is 12.8 Å². The molecule has 1 fully saturated rings. The molecule has 0 N–H and O–H groups in total. The van der Waals surface area contributed by atoms with Gasteiger partial charge in [0.15, 0.2) is 0 Å². The van der Waals surface area contributed by atoms with E-state index in [-0.39, 0.29) is 12.6 Å². The molecule has 1 saturated carbocycles. The highest BCUT2D eigenvalue weighted by atomic mass is 19.1. The maximum absolute atomic E-state index is 11.9. The van der Waals surface area contributed by atoms with Crippen molar-refractivity contribution in [2.75, 3.05) is 6.67 Å². The lowest BCUT2D eigenvalue weighted by atomic mass is 9.96. The zero-order valence-electron chi connectivity index (χ0n) is 6.81. The predicted molar refractivity (Wildman–Crippen MR) is 42.2 cm³/mol. The Morgan fingerprint density at radius 2 is 2.18 bits per heavy atom. The molecule has 0 radical (unpaired) electrons. The smallest absolute Gasteiger partial charge is 0.136 e. The van der Waals surface area contributed by atoms with Crippen LogP contribution in [0.3, 0.4) is 0 Å². The van der Waals surface area contributed by atoms with Gasteiger partial charge in [-0.15, -0.1) is 0 Å². The standard InChI is InChI=1S/C9H15FO/c10-7-6-8-4-2-1-3-5-9(8)11/h8H,1-7H2. The van der Waals surface area contributed by atoms with Crippen LogP contribution in [0.25, 0.3) is 0 Å². The molecule has 1 unspecified atom stereocenters. The molecule has 1 aliphatic rings. The second kappa shape index (κ2) is 4.47. The zero-order valence-corrected chi connectivity index (χ0v) is 6.81. The van der Waals surface area contributed by atoms with E-state index in [1.165, 1.54) is 0 Å². The van der Waals surface area contributed by atoms with Crippen LogP contribution in [0.5, 0.6) is 0 Å². The number of carbonyl (C=O) groups excluding carboxylic acids is 1. The number of halogens is 1. The number of alkyl halides is 1. The number of hydrogen-bond donors (Lipinski definition) is 0. The lowest BCUT2D eigenvalue weighted by molar-refractivity contribution is -0.123. The first-order chi connectivity index (χ1) is 5.34. The van der Waals surface area contributed by atoms with Gasteiger partial charge in [0, 0.05) is 12.3 Å². The van der Waals surface area contributed by atoms with E-state index in [4.69, 9.17) is 0 Å². The SMILES string of the molecule is O=C1CCCCCC1CCF. The van der Waals surface area contributed by atoms with Crippen LogP contribution in [0.4, 0.5) is 4.39 Å². The first kappa shape index (κ1) is 8.69. The lowest BCUT2D eigenvalue weighted by Gasteiger charge is -2.08. The van der Waals surface area contributed by atoms with Gasteiger partial charge in [-0.25, -0.2) is 0 Å². The van der Waals surface area contributed by atoms with Crippen LogP contribution in [0, 0.1) is 5.92 Å². The van der Waals surface area contributed by atoms with Gasteiger partial charge in [0.05, 0.1) is 6.67 Å². The fourth-order valence-electron chi connectivity index (χ4n) is 1.67. The minimum Gasteiger partial charge on any atom is -0.299 e. The van der Waals surface area contributed by atoms with E-state index in [9.17, 15) is 9.18 Å². The molecule has 1 rings (SSSR count). The third-order valence-corrected chi connectivity index (χ3v) is 2.39. The maximum Gasteiger partial charge on any atom is 0.136 e. The molecule has 0 bridgehead atoms. The van der Waals surface area contributed by atoms with Crippen LogP contribution in [-0.4, -0.2) is 12.5 Å². The Bertz CT molecular complexity index is 134. The van der Waals surface area contributed by atoms with Gasteiger partial charge in [-0.3, -0.25) is 9.18 Å². The fourth-order valence-corrected chi connectivity index (χ4v) is 1.67. The van der Waals surface area contributed by atoms with Crippen molar-refractivity contribution in [3.63, 3.8) is 0 Å². The molecule has 0 aliphatic heterocycles. The van der Waals surface area contributed by atoms with Crippen LogP contribution in [0.15, 0.2) is 0 Å². The summed E-state index contributed by atoms with van der Waals surface area (Å²) in [6.45, 7) is -0.337. The summed E-state index contributed by atoms with van der Waals surface area (Å²) in [6.07, 6.45) is 5.33. The molecule has 2 heteroatoms. The molecule has 0 amide bonds. The van der Waals surface area contributed by atoms with Crippen molar-refractivity contribution in [2.45, 2.75) is 38.5 Å². The molecule has 1 aliphatic carbocycles. The highest BCUT2D eigenvalue weighted by Crippen LogP contribution is 2.22. The molecule has 0 aromatic heterocycles. The van der Waals surface area contributed by atoms with Gasteiger partial charge in [0.2, 0.25) is 0 Å². The Labute approximate surface area is 67.0 Å². The van der Waals surface area contributed by atoms with Gasteiger partial charge in [-0.05, 0) is 19.3 Å². The van der Waals surface area contributed by atoms with Crippen molar-refractivity contribution in [3.8, 4) is 0 Å². The highest BCUT2D eigenvalue weighted by molar-refractivity contribution is 5.81. The van der Waals surface area contributed by atoms with E-state index < -0.39 is 0 Å². The first-order valence-corrected chi connectivity index (χ1v) is 4.43. The summed E-state index contributed by atoms with van der Waals surface area (Å²) in [5.74, 6) is 0.336. The number of Topliss-reactive ketones (excluding diaryl/α,β-unsaturated/α-hetero) is 1. The van der Waals surface area contributed by atoms with Crippen molar-refractivity contribution >= 4 is 5.78 Å². The van der Waals surface area contributed by atoms with Crippen molar-refractivity contribution in [2.24, 2.45) is 5.92 Å². The normalized spacial score (nSPS) is 26.6. The van der Waals surface area contributed by atoms with Crippen LogP contribution in [0.1, 0.15) is 38.5 Å². The van der Waals surface area contributed by atoms with Gasteiger partial charge < -0.3 is 0 Å². The number of carbonyl (C=O) groups is 1. The molecule has 11 heavy (non-hydrogen) atoms. The number of hydrogen-bond acceptors (Lipinski definition) is 1. The largest absolute Gasteiger partial charge is 0.299 e.